The van der Waals surface area contributed by atoms with Crippen molar-refractivity contribution in [1.29, 1.82) is 0 Å². The Balaban J connectivity index is 1.67. The second-order valence-electron chi connectivity index (χ2n) is 5.64. The Labute approximate surface area is 160 Å². The van der Waals surface area contributed by atoms with Gasteiger partial charge in [-0.25, -0.2) is 9.78 Å². The van der Waals surface area contributed by atoms with Crippen LogP contribution in [0.2, 0.25) is 0 Å². The second-order valence-corrected chi connectivity index (χ2v) is 6.70. The number of amides is 1. The van der Waals surface area contributed by atoms with Crippen LogP contribution in [0.25, 0.3) is 0 Å². The number of anilines is 1. The van der Waals surface area contributed by atoms with Crippen LogP contribution in [0.15, 0.2) is 69.2 Å². The van der Waals surface area contributed by atoms with Crippen LogP contribution in [0.3, 0.4) is 0 Å². The van der Waals surface area contributed by atoms with E-state index in [0.29, 0.717) is 16.3 Å². The Morgan fingerprint density at radius 2 is 1.96 bits per heavy atom. The molecule has 0 saturated heterocycles. The first-order valence-corrected chi connectivity index (χ1v) is 8.97. The lowest BCUT2D eigenvalue weighted by Crippen LogP contribution is -2.30. The van der Waals surface area contributed by atoms with Crippen LogP contribution in [0, 0.1) is 6.92 Å². The van der Waals surface area contributed by atoms with Crippen LogP contribution >= 0.6 is 11.8 Å². The Kier molecular flexibility index (Phi) is 5.87. The van der Waals surface area contributed by atoms with E-state index in [0.717, 1.165) is 4.90 Å². The third kappa shape index (κ3) is 4.95. The Morgan fingerprint density at radius 3 is 2.67 bits per heavy atom. The van der Waals surface area contributed by atoms with Gasteiger partial charge in [-0.1, -0.05) is 35.1 Å². The molecule has 0 radical (unpaired) electrons. The first-order valence-electron chi connectivity index (χ1n) is 8.16. The number of rotatable bonds is 6. The van der Waals surface area contributed by atoms with Crippen LogP contribution in [0.4, 0.5) is 5.88 Å². The minimum Gasteiger partial charge on any atom is -0.449 e. The van der Waals surface area contributed by atoms with Crippen molar-refractivity contribution < 1.29 is 18.8 Å². The summed E-state index contributed by atoms with van der Waals surface area (Å²) in [6.07, 6.45) is 0.586. The number of carbonyl (C=O) groups excluding carboxylic acids is 2. The van der Waals surface area contributed by atoms with Crippen molar-refractivity contribution >= 4 is 29.5 Å². The van der Waals surface area contributed by atoms with E-state index >= 15 is 0 Å². The molecule has 1 aromatic carbocycles. The van der Waals surface area contributed by atoms with Gasteiger partial charge in [-0.3, -0.25) is 10.1 Å². The van der Waals surface area contributed by atoms with Crippen LogP contribution in [-0.2, 0) is 9.53 Å². The SMILES string of the molecule is Cc1cc(NC(=O)C(C)OC(=O)c2cccnc2Sc2ccccc2)on1. The van der Waals surface area contributed by atoms with Gasteiger partial charge in [-0.2, -0.15) is 0 Å². The molecule has 0 bridgehead atoms. The van der Waals surface area contributed by atoms with Crippen molar-refractivity contribution in [2.24, 2.45) is 0 Å². The van der Waals surface area contributed by atoms with E-state index in [1.165, 1.54) is 18.7 Å². The molecule has 0 aliphatic heterocycles. The van der Waals surface area contributed by atoms with E-state index < -0.39 is 18.0 Å². The normalized spacial score (nSPS) is 11.6. The van der Waals surface area contributed by atoms with E-state index in [2.05, 4.69) is 15.5 Å². The van der Waals surface area contributed by atoms with Gasteiger partial charge in [-0.05, 0) is 38.1 Å². The van der Waals surface area contributed by atoms with Gasteiger partial charge in [-0.15, -0.1) is 0 Å². The molecule has 1 amide bonds. The highest BCUT2D eigenvalue weighted by Crippen LogP contribution is 2.28. The monoisotopic (exact) mass is 383 g/mol. The summed E-state index contributed by atoms with van der Waals surface area (Å²) in [5.41, 5.74) is 0.925. The number of esters is 1. The smallest absolute Gasteiger partial charge is 0.341 e. The number of hydrogen-bond donors (Lipinski definition) is 1. The lowest BCUT2D eigenvalue weighted by molar-refractivity contribution is -0.123. The molecule has 0 aliphatic rings. The Bertz CT molecular complexity index is 943. The number of nitrogens with one attached hydrogen (secondary N) is 1. The summed E-state index contributed by atoms with van der Waals surface area (Å²) >= 11 is 1.35. The fraction of sp³-hybridized carbons (Fsp3) is 0.158. The number of carbonyl (C=O) groups is 2. The van der Waals surface area contributed by atoms with Gasteiger partial charge in [0, 0.05) is 17.2 Å². The van der Waals surface area contributed by atoms with Crippen LogP contribution in [-0.4, -0.2) is 28.1 Å². The van der Waals surface area contributed by atoms with Crippen molar-refractivity contribution in [3.63, 3.8) is 0 Å². The lowest BCUT2D eigenvalue weighted by Gasteiger charge is -2.13. The van der Waals surface area contributed by atoms with Crippen molar-refractivity contribution in [3.05, 3.63) is 66.0 Å². The molecule has 1 N–H and O–H groups in total. The van der Waals surface area contributed by atoms with Gasteiger partial charge < -0.3 is 9.26 Å². The van der Waals surface area contributed by atoms with Gasteiger partial charge in [0.25, 0.3) is 5.91 Å². The predicted molar refractivity (Wildman–Crippen MR) is 99.5 cm³/mol. The van der Waals surface area contributed by atoms with Gasteiger partial charge >= 0.3 is 5.97 Å². The molecule has 0 aliphatic carbocycles. The number of aromatic nitrogens is 2. The topological polar surface area (TPSA) is 94.3 Å². The fourth-order valence-corrected chi connectivity index (χ4v) is 3.04. The van der Waals surface area contributed by atoms with Crippen LogP contribution in [0.5, 0.6) is 0 Å². The van der Waals surface area contributed by atoms with Crippen LogP contribution in [0.1, 0.15) is 23.0 Å². The fourth-order valence-electron chi connectivity index (χ4n) is 2.15. The van der Waals surface area contributed by atoms with Gasteiger partial charge in [0.1, 0.15) is 5.03 Å². The summed E-state index contributed by atoms with van der Waals surface area (Å²) in [7, 11) is 0. The number of pyridine rings is 1. The highest BCUT2D eigenvalue weighted by molar-refractivity contribution is 7.99. The summed E-state index contributed by atoms with van der Waals surface area (Å²) in [6.45, 7) is 3.22. The van der Waals surface area contributed by atoms with E-state index in [1.807, 2.05) is 30.3 Å². The van der Waals surface area contributed by atoms with E-state index in [-0.39, 0.29) is 5.88 Å². The van der Waals surface area contributed by atoms with Crippen molar-refractivity contribution in [3.8, 4) is 0 Å². The largest absolute Gasteiger partial charge is 0.449 e. The third-order valence-electron chi connectivity index (χ3n) is 3.48. The minimum absolute atomic E-state index is 0.196. The number of nitrogens with zero attached hydrogens (tertiary/aromatic N) is 2. The van der Waals surface area contributed by atoms with Crippen molar-refractivity contribution in [2.45, 2.75) is 29.9 Å². The van der Waals surface area contributed by atoms with Gasteiger partial charge in [0.15, 0.2) is 6.10 Å². The molecule has 8 heteroatoms. The molecule has 3 aromatic rings. The standard InChI is InChI=1S/C19H17N3O4S/c1-12-11-16(26-22-12)21-17(23)13(2)25-19(24)15-9-6-10-20-18(15)27-14-7-4-3-5-8-14/h3-11,13H,1-2H3,(H,21,23). The zero-order chi connectivity index (χ0) is 19.2. The van der Waals surface area contributed by atoms with E-state index in [1.54, 1.807) is 31.3 Å². The van der Waals surface area contributed by atoms with Crippen LogP contribution < -0.4 is 5.32 Å². The molecule has 1 atom stereocenters. The maximum absolute atomic E-state index is 12.5. The predicted octanol–water partition coefficient (Wildman–Crippen LogP) is 3.71. The molecular formula is C19H17N3O4S. The molecule has 0 spiro atoms. The molecule has 138 valence electrons. The molecule has 7 nitrogen and oxygen atoms in total. The third-order valence-corrected chi connectivity index (χ3v) is 4.50. The van der Waals surface area contributed by atoms with E-state index in [4.69, 9.17) is 9.26 Å². The summed E-state index contributed by atoms with van der Waals surface area (Å²) < 4.78 is 10.2. The number of benzene rings is 1. The average molecular weight is 383 g/mol. The maximum Gasteiger partial charge on any atom is 0.341 e. The molecule has 0 fully saturated rings. The molecule has 27 heavy (non-hydrogen) atoms. The Hall–Kier alpha value is -3.13. The molecular weight excluding hydrogens is 366 g/mol. The molecule has 2 aromatic heterocycles. The molecule has 1 unspecified atom stereocenters. The molecule has 0 saturated carbocycles. The highest BCUT2D eigenvalue weighted by Gasteiger charge is 2.22. The minimum atomic E-state index is -1.02. The van der Waals surface area contributed by atoms with Crippen molar-refractivity contribution in [1.82, 2.24) is 10.1 Å². The van der Waals surface area contributed by atoms with Crippen molar-refractivity contribution in [2.75, 3.05) is 5.32 Å². The number of aryl methyl sites for hydroxylation is 1. The zero-order valence-electron chi connectivity index (χ0n) is 14.7. The Morgan fingerprint density at radius 1 is 1.19 bits per heavy atom. The summed E-state index contributed by atoms with van der Waals surface area (Å²) in [5.74, 6) is -0.944. The van der Waals surface area contributed by atoms with Gasteiger partial charge in [0.05, 0.1) is 11.3 Å². The summed E-state index contributed by atoms with van der Waals surface area (Å²) in [4.78, 5) is 29.9. The first kappa shape index (κ1) is 18.7. The first-order chi connectivity index (χ1) is 13.0. The van der Waals surface area contributed by atoms with Gasteiger partial charge in [0.2, 0.25) is 5.88 Å². The molecule has 2 heterocycles. The second kappa shape index (κ2) is 8.50. The summed E-state index contributed by atoms with van der Waals surface area (Å²) in [6, 6.07) is 14.4. The number of hydrogen-bond acceptors (Lipinski definition) is 7. The van der Waals surface area contributed by atoms with E-state index in [9.17, 15) is 9.59 Å². The highest BCUT2D eigenvalue weighted by atomic mass is 32.2. The zero-order valence-corrected chi connectivity index (χ0v) is 15.5. The molecule has 3 rings (SSSR count). The lowest BCUT2D eigenvalue weighted by atomic mass is 10.3. The quantitative estimate of drug-likeness (QED) is 0.648. The average Bonchev–Trinajstić information content (AvgIpc) is 3.07. The maximum atomic E-state index is 12.5. The summed E-state index contributed by atoms with van der Waals surface area (Å²) in [5, 5.41) is 6.69. The number of ether oxygens (including phenoxy) is 1.